The number of methoxy groups -OCH3 is 2. The summed E-state index contributed by atoms with van der Waals surface area (Å²) < 4.78 is 10.8. The van der Waals surface area contributed by atoms with Crippen molar-refractivity contribution in [2.24, 2.45) is 4.99 Å². The summed E-state index contributed by atoms with van der Waals surface area (Å²) in [4.78, 5) is 16.3. The molecule has 0 aromatic heterocycles. The topological polar surface area (TPSA) is 84.0 Å². The van der Waals surface area contributed by atoms with Gasteiger partial charge in [-0.15, -0.1) is 24.0 Å². The number of nitrogens with zero attached hydrogens (tertiary/aromatic N) is 1. The highest BCUT2D eigenvalue weighted by atomic mass is 127. The first-order chi connectivity index (χ1) is 13.1. The highest BCUT2D eigenvalue weighted by Crippen LogP contribution is 2.29. The Bertz CT molecular complexity index is 650. The Balaban J connectivity index is 0.00000392. The van der Waals surface area contributed by atoms with Crippen molar-refractivity contribution in [1.29, 1.82) is 0 Å². The Labute approximate surface area is 185 Å². The van der Waals surface area contributed by atoms with Gasteiger partial charge in [0.1, 0.15) is 11.5 Å². The van der Waals surface area contributed by atoms with Crippen LogP contribution >= 0.6 is 24.0 Å². The Morgan fingerprint density at radius 2 is 2.04 bits per heavy atom. The van der Waals surface area contributed by atoms with Crippen LogP contribution in [0.15, 0.2) is 23.2 Å². The van der Waals surface area contributed by atoms with Crippen molar-refractivity contribution in [3.05, 3.63) is 23.8 Å². The summed E-state index contributed by atoms with van der Waals surface area (Å²) in [6.45, 7) is 5.43. The molecule has 1 aliphatic carbocycles. The monoisotopic (exact) mass is 504 g/mol. The normalized spacial score (nSPS) is 14.5. The largest absolute Gasteiger partial charge is 0.497 e. The third kappa shape index (κ3) is 8.12. The number of halogens is 1. The molecule has 3 N–H and O–H groups in total. The summed E-state index contributed by atoms with van der Waals surface area (Å²) >= 11 is 0. The first-order valence-corrected chi connectivity index (χ1v) is 9.63. The molecule has 1 unspecified atom stereocenters. The average molecular weight is 504 g/mol. The molecular formula is C20H33IN4O3. The van der Waals surface area contributed by atoms with Gasteiger partial charge in [-0.1, -0.05) is 0 Å². The van der Waals surface area contributed by atoms with Crippen LogP contribution in [0.25, 0.3) is 0 Å². The molecule has 8 heteroatoms. The van der Waals surface area contributed by atoms with Gasteiger partial charge in [0.25, 0.3) is 0 Å². The number of hydrogen-bond donors (Lipinski definition) is 3. The zero-order valence-corrected chi connectivity index (χ0v) is 19.5. The molecule has 1 fully saturated rings. The van der Waals surface area contributed by atoms with E-state index in [9.17, 15) is 4.79 Å². The van der Waals surface area contributed by atoms with Crippen molar-refractivity contribution in [3.63, 3.8) is 0 Å². The van der Waals surface area contributed by atoms with Crippen LogP contribution in [-0.4, -0.2) is 45.2 Å². The molecule has 0 heterocycles. The van der Waals surface area contributed by atoms with Crippen LogP contribution < -0.4 is 25.4 Å². The number of guanidine groups is 1. The van der Waals surface area contributed by atoms with Gasteiger partial charge in [0, 0.05) is 31.1 Å². The standard InChI is InChI=1S/C20H32N4O3.HI/c1-5-21-20(22-12-6-7-19(25)24-15-8-9-15)23-14(2)17-13-16(26-3)10-11-18(17)27-4;/h10-11,13-15H,5-9,12H2,1-4H3,(H,24,25)(H2,21,22,23);1H. The number of rotatable bonds is 10. The fraction of sp³-hybridized carbons (Fsp3) is 0.600. The Kier molecular flexibility index (Phi) is 11.0. The maximum atomic E-state index is 11.7. The van der Waals surface area contributed by atoms with Gasteiger partial charge in [0.15, 0.2) is 5.96 Å². The van der Waals surface area contributed by atoms with E-state index in [1.807, 2.05) is 32.0 Å². The molecule has 1 aliphatic rings. The highest BCUT2D eigenvalue weighted by Gasteiger charge is 2.22. The number of carbonyl (C=O) groups is 1. The fourth-order valence-electron chi connectivity index (χ4n) is 2.74. The number of aliphatic imine (C=N–C) groups is 1. The van der Waals surface area contributed by atoms with E-state index in [4.69, 9.17) is 9.47 Å². The molecular weight excluding hydrogens is 471 g/mol. The molecule has 1 atom stereocenters. The molecule has 1 aromatic carbocycles. The molecule has 0 aliphatic heterocycles. The second kappa shape index (κ2) is 12.7. The Morgan fingerprint density at radius 1 is 1.29 bits per heavy atom. The lowest BCUT2D eigenvalue weighted by Crippen LogP contribution is -2.39. The van der Waals surface area contributed by atoms with Crippen molar-refractivity contribution in [1.82, 2.24) is 16.0 Å². The van der Waals surface area contributed by atoms with Crippen molar-refractivity contribution in [3.8, 4) is 11.5 Å². The maximum Gasteiger partial charge on any atom is 0.220 e. The summed E-state index contributed by atoms with van der Waals surface area (Å²) in [6, 6.07) is 6.13. The molecule has 0 bridgehead atoms. The van der Waals surface area contributed by atoms with Gasteiger partial charge >= 0.3 is 0 Å². The molecule has 1 aromatic rings. The minimum Gasteiger partial charge on any atom is -0.497 e. The van der Waals surface area contributed by atoms with Crippen LogP contribution in [0.1, 0.15) is 51.1 Å². The number of hydrogen-bond acceptors (Lipinski definition) is 4. The van der Waals surface area contributed by atoms with Gasteiger partial charge in [0.05, 0.1) is 20.3 Å². The van der Waals surface area contributed by atoms with E-state index in [2.05, 4.69) is 20.9 Å². The number of ether oxygens (including phenoxy) is 2. The minimum absolute atomic E-state index is 0. The lowest BCUT2D eigenvalue weighted by molar-refractivity contribution is -0.121. The van der Waals surface area contributed by atoms with Crippen molar-refractivity contribution < 1.29 is 14.3 Å². The predicted octanol–water partition coefficient (Wildman–Crippen LogP) is 3.00. The highest BCUT2D eigenvalue weighted by molar-refractivity contribution is 14.0. The van der Waals surface area contributed by atoms with Gasteiger partial charge in [-0.3, -0.25) is 9.79 Å². The maximum absolute atomic E-state index is 11.7. The molecule has 1 saturated carbocycles. The first kappa shape index (κ1) is 24.3. The Hall–Kier alpha value is -1.71. The van der Waals surface area contributed by atoms with Gasteiger partial charge < -0.3 is 25.4 Å². The van der Waals surface area contributed by atoms with Crippen molar-refractivity contribution >= 4 is 35.8 Å². The second-order valence-corrected chi connectivity index (χ2v) is 6.68. The zero-order chi connectivity index (χ0) is 19.6. The molecule has 28 heavy (non-hydrogen) atoms. The van der Waals surface area contributed by atoms with E-state index < -0.39 is 0 Å². The van der Waals surface area contributed by atoms with Crippen LogP contribution in [0, 0.1) is 0 Å². The number of amides is 1. The van der Waals surface area contributed by atoms with E-state index in [0.717, 1.165) is 48.8 Å². The van der Waals surface area contributed by atoms with E-state index >= 15 is 0 Å². The van der Waals surface area contributed by atoms with Crippen LogP contribution in [0.3, 0.4) is 0 Å². The number of carbonyl (C=O) groups excluding carboxylic acids is 1. The van der Waals surface area contributed by atoms with E-state index in [-0.39, 0.29) is 35.9 Å². The second-order valence-electron chi connectivity index (χ2n) is 6.68. The SMILES string of the molecule is CCNC(=NCCCC(=O)NC1CC1)NC(C)c1cc(OC)ccc1OC.I. The lowest BCUT2D eigenvalue weighted by Gasteiger charge is -2.20. The van der Waals surface area contributed by atoms with Crippen LogP contribution in [-0.2, 0) is 4.79 Å². The van der Waals surface area contributed by atoms with Crippen molar-refractivity contribution in [2.75, 3.05) is 27.3 Å². The van der Waals surface area contributed by atoms with Gasteiger partial charge in [-0.05, 0) is 51.3 Å². The van der Waals surface area contributed by atoms with Gasteiger partial charge in [-0.25, -0.2) is 0 Å². The number of benzene rings is 1. The summed E-state index contributed by atoms with van der Waals surface area (Å²) in [6.07, 6.45) is 3.47. The zero-order valence-electron chi connectivity index (χ0n) is 17.2. The summed E-state index contributed by atoms with van der Waals surface area (Å²) in [5, 5.41) is 9.64. The Morgan fingerprint density at radius 3 is 2.64 bits per heavy atom. The molecule has 0 spiro atoms. The molecule has 0 radical (unpaired) electrons. The molecule has 1 amide bonds. The van der Waals surface area contributed by atoms with Crippen LogP contribution in [0.5, 0.6) is 11.5 Å². The van der Waals surface area contributed by atoms with E-state index in [0.29, 0.717) is 19.0 Å². The summed E-state index contributed by atoms with van der Waals surface area (Å²) in [5.74, 6) is 2.42. The molecule has 2 rings (SSSR count). The summed E-state index contributed by atoms with van der Waals surface area (Å²) in [7, 11) is 3.30. The third-order valence-electron chi connectivity index (χ3n) is 4.38. The van der Waals surface area contributed by atoms with Gasteiger partial charge in [0.2, 0.25) is 5.91 Å². The minimum atomic E-state index is -0.0222. The quantitative estimate of drug-likeness (QED) is 0.198. The number of nitrogens with one attached hydrogen (secondary N) is 3. The third-order valence-corrected chi connectivity index (χ3v) is 4.38. The lowest BCUT2D eigenvalue weighted by atomic mass is 10.1. The van der Waals surface area contributed by atoms with Crippen LogP contribution in [0.2, 0.25) is 0 Å². The van der Waals surface area contributed by atoms with E-state index in [1.54, 1.807) is 14.2 Å². The summed E-state index contributed by atoms with van der Waals surface area (Å²) in [5.41, 5.74) is 0.992. The smallest absolute Gasteiger partial charge is 0.220 e. The van der Waals surface area contributed by atoms with E-state index in [1.165, 1.54) is 0 Å². The molecule has 158 valence electrons. The van der Waals surface area contributed by atoms with Crippen molar-refractivity contribution in [2.45, 2.75) is 51.6 Å². The van der Waals surface area contributed by atoms with Crippen LogP contribution in [0.4, 0.5) is 0 Å². The molecule has 7 nitrogen and oxygen atoms in total. The molecule has 0 saturated heterocycles. The fourth-order valence-corrected chi connectivity index (χ4v) is 2.74. The van der Waals surface area contributed by atoms with Gasteiger partial charge in [-0.2, -0.15) is 0 Å². The predicted molar refractivity (Wildman–Crippen MR) is 123 cm³/mol. The average Bonchev–Trinajstić information content (AvgIpc) is 3.48. The first-order valence-electron chi connectivity index (χ1n) is 9.63.